The molecule has 2 amide bonds. The second-order valence-corrected chi connectivity index (χ2v) is 7.16. The highest BCUT2D eigenvalue weighted by molar-refractivity contribution is 7.18. The minimum absolute atomic E-state index is 0.178. The summed E-state index contributed by atoms with van der Waals surface area (Å²) < 4.78 is 5.46. The molecular formula is C16H14Cl2N2O4S. The van der Waals surface area contributed by atoms with Gasteiger partial charge in [-0.3, -0.25) is 9.59 Å². The Bertz CT molecular complexity index is 777. The number of rotatable bonds is 7. The van der Waals surface area contributed by atoms with E-state index in [9.17, 15) is 14.4 Å². The van der Waals surface area contributed by atoms with E-state index in [1.54, 1.807) is 36.4 Å². The van der Waals surface area contributed by atoms with Crippen molar-refractivity contribution in [2.45, 2.75) is 12.5 Å². The number of benzene rings is 1. The van der Waals surface area contributed by atoms with E-state index in [0.717, 1.165) is 11.3 Å². The van der Waals surface area contributed by atoms with Gasteiger partial charge in [0, 0.05) is 5.02 Å². The van der Waals surface area contributed by atoms with E-state index < -0.39 is 24.6 Å². The molecule has 1 atom stereocenters. The average Bonchev–Trinajstić information content (AvgIpc) is 2.99. The fraction of sp³-hybridized carbons (Fsp3) is 0.188. The molecule has 132 valence electrons. The molecule has 1 aromatic carbocycles. The SMILES string of the molecule is NC(=O)N[C@H](CC(=O)OCC(=O)c1ccc(Cl)s1)c1ccc(Cl)cc1. The second kappa shape index (κ2) is 8.84. The Labute approximate surface area is 157 Å². The van der Waals surface area contributed by atoms with Crippen molar-refractivity contribution in [3.8, 4) is 0 Å². The lowest BCUT2D eigenvalue weighted by atomic mass is 10.0. The van der Waals surface area contributed by atoms with Gasteiger partial charge in [0.25, 0.3) is 0 Å². The number of hydrogen-bond acceptors (Lipinski definition) is 5. The molecular weight excluding hydrogens is 387 g/mol. The van der Waals surface area contributed by atoms with Gasteiger partial charge in [-0.25, -0.2) is 4.79 Å². The first kappa shape index (κ1) is 19.2. The van der Waals surface area contributed by atoms with Crippen LogP contribution in [0, 0.1) is 0 Å². The van der Waals surface area contributed by atoms with Crippen molar-refractivity contribution in [3.05, 3.63) is 56.2 Å². The Hall–Kier alpha value is -2.09. The third-order valence-corrected chi connectivity index (χ3v) is 4.70. The molecule has 2 rings (SSSR count). The van der Waals surface area contributed by atoms with E-state index in [4.69, 9.17) is 33.7 Å². The van der Waals surface area contributed by atoms with Gasteiger partial charge in [-0.15, -0.1) is 11.3 Å². The van der Waals surface area contributed by atoms with E-state index in [0.29, 0.717) is 19.8 Å². The maximum atomic E-state index is 12.0. The van der Waals surface area contributed by atoms with E-state index in [2.05, 4.69) is 5.32 Å². The molecule has 2 aromatic rings. The molecule has 0 unspecified atom stereocenters. The first-order valence-corrected chi connectivity index (χ1v) is 8.68. The van der Waals surface area contributed by atoms with Crippen LogP contribution in [0.3, 0.4) is 0 Å². The molecule has 0 aliphatic carbocycles. The molecule has 0 radical (unpaired) electrons. The number of primary amides is 1. The molecule has 3 N–H and O–H groups in total. The number of hydrogen-bond donors (Lipinski definition) is 2. The van der Waals surface area contributed by atoms with Crippen molar-refractivity contribution in [1.29, 1.82) is 0 Å². The van der Waals surface area contributed by atoms with Crippen LogP contribution >= 0.6 is 34.5 Å². The van der Waals surface area contributed by atoms with Crippen LogP contribution in [0.15, 0.2) is 36.4 Å². The Morgan fingerprint density at radius 3 is 2.36 bits per heavy atom. The molecule has 6 nitrogen and oxygen atoms in total. The number of carbonyl (C=O) groups excluding carboxylic acids is 3. The van der Waals surface area contributed by atoms with Gasteiger partial charge in [0.1, 0.15) is 0 Å². The van der Waals surface area contributed by atoms with Crippen molar-refractivity contribution in [3.63, 3.8) is 0 Å². The smallest absolute Gasteiger partial charge is 0.312 e. The average molecular weight is 401 g/mol. The van der Waals surface area contributed by atoms with Crippen LogP contribution < -0.4 is 11.1 Å². The largest absolute Gasteiger partial charge is 0.457 e. The summed E-state index contributed by atoms with van der Waals surface area (Å²) in [4.78, 5) is 35.5. The van der Waals surface area contributed by atoms with Crippen molar-refractivity contribution in [2.75, 3.05) is 6.61 Å². The molecule has 0 saturated heterocycles. The monoisotopic (exact) mass is 400 g/mol. The Kier molecular flexibility index (Phi) is 6.81. The zero-order chi connectivity index (χ0) is 18.4. The lowest BCUT2D eigenvalue weighted by Gasteiger charge is -2.17. The normalized spacial score (nSPS) is 11.6. The first-order chi connectivity index (χ1) is 11.8. The number of ether oxygens (including phenoxy) is 1. The quantitative estimate of drug-likeness (QED) is 0.547. The van der Waals surface area contributed by atoms with Crippen LogP contribution in [0.25, 0.3) is 0 Å². The summed E-state index contributed by atoms with van der Waals surface area (Å²) in [5, 5.41) is 2.98. The molecule has 0 bridgehead atoms. The van der Waals surface area contributed by atoms with Gasteiger partial charge in [-0.1, -0.05) is 35.3 Å². The second-order valence-electron chi connectivity index (χ2n) is 5.00. The van der Waals surface area contributed by atoms with Gasteiger partial charge >= 0.3 is 12.0 Å². The van der Waals surface area contributed by atoms with E-state index in [1.165, 1.54) is 0 Å². The number of esters is 1. The predicted molar refractivity (Wildman–Crippen MR) is 96.1 cm³/mol. The predicted octanol–water partition coefficient (Wildman–Crippen LogP) is 3.58. The molecule has 0 aliphatic rings. The van der Waals surface area contributed by atoms with E-state index >= 15 is 0 Å². The highest BCUT2D eigenvalue weighted by Gasteiger charge is 2.20. The summed E-state index contributed by atoms with van der Waals surface area (Å²) in [5.74, 6) is -0.999. The van der Waals surface area contributed by atoms with Gasteiger partial charge < -0.3 is 15.8 Å². The third kappa shape index (κ3) is 6.04. The van der Waals surface area contributed by atoms with Gasteiger partial charge in [0.2, 0.25) is 5.78 Å². The van der Waals surface area contributed by atoms with E-state index in [1.807, 2.05) is 0 Å². The van der Waals surface area contributed by atoms with Crippen LogP contribution in [-0.4, -0.2) is 24.4 Å². The summed E-state index contributed by atoms with van der Waals surface area (Å²) >= 11 is 12.7. The highest BCUT2D eigenvalue weighted by Crippen LogP contribution is 2.22. The summed E-state index contributed by atoms with van der Waals surface area (Å²) in [5.41, 5.74) is 5.78. The molecule has 0 saturated carbocycles. The summed E-state index contributed by atoms with van der Waals surface area (Å²) in [6.45, 7) is -0.403. The van der Waals surface area contributed by atoms with Crippen LogP contribution in [0.1, 0.15) is 27.7 Å². The molecule has 0 fully saturated rings. The van der Waals surface area contributed by atoms with Crippen molar-refractivity contribution < 1.29 is 19.1 Å². The molecule has 0 spiro atoms. The lowest BCUT2D eigenvalue weighted by molar-refractivity contribution is -0.143. The molecule has 9 heteroatoms. The van der Waals surface area contributed by atoms with Gasteiger partial charge in [-0.2, -0.15) is 0 Å². The van der Waals surface area contributed by atoms with Crippen LogP contribution in [0.2, 0.25) is 9.36 Å². The zero-order valence-electron chi connectivity index (χ0n) is 12.8. The number of urea groups is 1. The standard InChI is InChI=1S/C16H14Cl2N2O4S/c17-10-3-1-9(2-4-10)11(20-16(19)23)7-15(22)24-8-12(21)13-5-6-14(18)25-13/h1-6,11H,7-8H2,(H3,19,20,23)/t11-/m1/s1. The Balaban J connectivity index is 1.95. The topological polar surface area (TPSA) is 98.5 Å². The maximum Gasteiger partial charge on any atom is 0.312 e. The highest BCUT2D eigenvalue weighted by atomic mass is 35.5. The van der Waals surface area contributed by atoms with Gasteiger partial charge in [0.05, 0.1) is 21.7 Å². The molecule has 25 heavy (non-hydrogen) atoms. The van der Waals surface area contributed by atoms with Crippen molar-refractivity contribution in [1.82, 2.24) is 5.32 Å². The van der Waals surface area contributed by atoms with E-state index in [-0.39, 0.29) is 12.2 Å². The summed E-state index contributed by atoms with van der Waals surface area (Å²) in [6, 6.07) is 8.27. The van der Waals surface area contributed by atoms with Crippen molar-refractivity contribution >= 4 is 52.3 Å². The Morgan fingerprint density at radius 2 is 1.80 bits per heavy atom. The maximum absolute atomic E-state index is 12.0. The number of amides is 2. The lowest BCUT2D eigenvalue weighted by Crippen LogP contribution is -2.34. The molecule has 1 heterocycles. The third-order valence-electron chi connectivity index (χ3n) is 3.17. The van der Waals surface area contributed by atoms with Crippen LogP contribution in [0.5, 0.6) is 0 Å². The molecule has 1 aromatic heterocycles. The number of nitrogens with one attached hydrogen (secondary N) is 1. The minimum Gasteiger partial charge on any atom is -0.457 e. The fourth-order valence-electron chi connectivity index (χ4n) is 2.03. The summed E-state index contributed by atoms with van der Waals surface area (Å²) in [6.07, 6.45) is -0.178. The number of nitrogens with two attached hydrogens (primary N) is 1. The fourth-order valence-corrected chi connectivity index (χ4v) is 3.12. The number of thiophene rings is 1. The number of halogens is 2. The number of ketones is 1. The van der Waals surface area contributed by atoms with Gasteiger partial charge in [-0.05, 0) is 29.8 Å². The number of Topliss-reactive ketones (excluding diaryl/α,β-unsaturated/α-hetero) is 1. The first-order valence-electron chi connectivity index (χ1n) is 7.10. The minimum atomic E-state index is -0.781. The summed E-state index contributed by atoms with van der Waals surface area (Å²) in [7, 11) is 0. The number of carbonyl (C=O) groups is 3. The Morgan fingerprint density at radius 1 is 1.12 bits per heavy atom. The van der Waals surface area contributed by atoms with Crippen molar-refractivity contribution in [2.24, 2.45) is 5.73 Å². The zero-order valence-corrected chi connectivity index (χ0v) is 15.2. The van der Waals surface area contributed by atoms with Gasteiger partial charge in [0.15, 0.2) is 6.61 Å². The van der Waals surface area contributed by atoms with Crippen LogP contribution in [-0.2, 0) is 9.53 Å². The molecule has 0 aliphatic heterocycles. The van der Waals surface area contributed by atoms with Crippen LogP contribution in [0.4, 0.5) is 4.79 Å².